The molecule has 0 aliphatic heterocycles. The summed E-state index contributed by atoms with van der Waals surface area (Å²) in [7, 11) is 0. The van der Waals surface area contributed by atoms with Crippen LogP contribution in [0.1, 0.15) is 25.6 Å². The van der Waals surface area contributed by atoms with Crippen LogP contribution in [0.15, 0.2) is 34.9 Å². The topological polar surface area (TPSA) is 37.8 Å². The lowest BCUT2D eigenvalue weighted by Crippen LogP contribution is -2.03. The zero-order valence-corrected chi connectivity index (χ0v) is 11.7. The molecular formula is C13H13BrFN3. The van der Waals surface area contributed by atoms with E-state index in [1.807, 2.05) is 13.8 Å². The lowest BCUT2D eigenvalue weighted by Gasteiger charge is -2.10. The second-order valence-electron chi connectivity index (χ2n) is 4.19. The molecule has 0 spiro atoms. The van der Waals surface area contributed by atoms with Gasteiger partial charge in [0.05, 0.1) is 5.69 Å². The Morgan fingerprint density at radius 3 is 2.61 bits per heavy atom. The van der Waals surface area contributed by atoms with E-state index < -0.39 is 0 Å². The first-order valence-corrected chi connectivity index (χ1v) is 6.41. The lowest BCUT2D eigenvalue weighted by atomic mass is 10.2. The van der Waals surface area contributed by atoms with Crippen molar-refractivity contribution in [2.45, 2.75) is 19.8 Å². The number of hydrogen-bond acceptors (Lipinski definition) is 3. The maximum Gasteiger partial charge on any atom is 0.146 e. The van der Waals surface area contributed by atoms with Crippen LogP contribution in [0.3, 0.4) is 0 Å². The summed E-state index contributed by atoms with van der Waals surface area (Å²) < 4.78 is 14.2. The molecule has 0 aliphatic rings. The number of aromatic nitrogens is 2. The molecule has 0 fully saturated rings. The SMILES string of the molecule is CC(C)c1nc(Br)cc(Nc2ccccc2F)n1. The van der Waals surface area contributed by atoms with Gasteiger partial charge in [-0.25, -0.2) is 14.4 Å². The number of anilines is 2. The Bertz CT molecular complexity index is 558. The molecule has 0 atom stereocenters. The number of benzene rings is 1. The zero-order chi connectivity index (χ0) is 13.1. The minimum Gasteiger partial charge on any atom is -0.338 e. The summed E-state index contributed by atoms with van der Waals surface area (Å²) in [6, 6.07) is 8.21. The summed E-state index contributed by atoms with van der Waals surface area (Å²) >= 11 is 3.33. The number of rotatable bonds is 3. The summed E-state index contributed by atoms with van der Waals surface area (Å²) in [5, 5.41) is 2.95. The minimum atomic E-state index is -0.307. The predicted octanol–water partition coefficient (Wildman–Crippen LogP) is 4.25. The molecule has 0 saturated heterocycles. The molecule has 0 aliphatic carbocycles. The van der Waals surface area contributed by atoms with Crippen molar-refractivity contribution in [3.8, 4) is 0 Å². The Labute approximate surface area is 114 Å². The van der Waals surface area contributed by atoms with Gasteiger partial charge < -0.3 is 5.32 Å². The van der Waals surface area contributed by atoms with Crippen LogP contribution in [0.25, 0.3) is 0 Å². The van der Waals surface area contributed by atoms with Gasteiger partial charge in [-0.1, -0.05) is 26.0 Å². The van der Waals surface area contributed by atoms with Gasteiger partial charge in [0.1, 0.15) is 22.1 Å². The quantitative estimate of drug-likeness (QED) is 0.861. The lowest BCUT2D eigenvalue weighted by molar-refractivity contribution is 0.631. The summed E-state index contributed by atoms with van der Waals surface area (Å²) in [5.74, 6) is 1.19. The van der Waals surface area contributed by atoms with Gasteiger partial charge in [0.15, 0.2) is 0 Å². The highest BCUT2D eigenvalue weighted by molar-refractivity contribution is 9.10. The fraction of sp³-hybridized carbons (Fsp3) is 0.231. The first-order valence-electron chi connectivity index (χ1n) is 5.62. The van der Waals surface area contributed by atoms with E-state index in [0.717, 1.165) is 0 Å². The molecule has 0 radical (unpaired) electrons. The molecule has 3 nitrogen and oxygen atoms in total. The van der Waals surface area contributed by atoms with Crippen LogP contribution in [-0.4, -0.2) is 9.97 Å². The predicted molar refractivity (Wildman–Crippen MR) is 73.5 cm³/mol. The third-order valence-corrected chi connectivity index (χ3v) is 2.77. The molecule has 18 heavy (non-hydrogen) atoms. The van der Waals surface area contributed by atoms with Crippen molar-refractivity contribution in [1.29, 1.82) is 0 Å². The molecule has 0 unspecified atom stereocenters. The third-order valence-electron chi connectivity index (χ3n) is 2.37. The number of halogens is 2. The maximum atomic E-state index is 13.5. The number of hydrogen-bond donors (Lipinski definition) is 1. The minimum absolute atomic E-state index is 0.212. The first-order chi connectivity index (χ1) is 8.56. The second-order valence-corrected chi connectivity index (χ2v) is 5.01. The average Bonchev–Trinajstić information content (AvgIpc) is 2.31. The van der Waals surface area contributed by atoms with E-state index in [9.17, 15) is 4.39 Å². The van der Waals surface area contributed by atoms with Crippen LogP contribution < -0.4 is 5.32 Å². The highest BCUT2D eigenvalue weighted by atomic mass is 79.9. The molecule has 1 heterocycles. The van der Waals surface area contributed by atoms with Gasteiger partial charge in [-0.05, 0) is 28.1 Å². The van der Waals surface area contributed by atoms with Gasteiger partial charge in [0.2, 0.25) is 0 Å². The highest BCUT2D eigenvalue weighted by Crippen LogP contribution is 2.22. The third kappa shape index (κ3) is 3.04. The monoisotopic (exact) mass is 309 g/mol. The molecule has 94 valence electrons. The van der Waals surface area contributed by atoms with Crippen molar-refractivity contribution in [1.82, 2.24) is 9.97 Å². The summed E-state index contributed by atoms with van der Waals surface area (Å²) in [5.41, 5.74) is 0.401. The number of para-hydroxylation sites is 1. The van der Waals surface area contributed by atoms with Crippen LogP contribution in [0.5, 0.6) is 0 Å². The van der Waals surface area contributed by atoms with Crippen molar-refractivity contribution in [3.05, 3.63) is 46.6 Å². The van der Waals surface area contributed by atoms with E-state index in [0.29, 0.717) is 21.9 Å². The van der Waals surface area contributed by atoms with E-state index >= 15 is 0 Å². The summed E-state index contributed by atoms with van der Waals surface area (Å²) in [4.78, 5) is 8.62. The molecule has 1 N–H and O–H groups in total. The zero-order valence-electron chi connectivity index (χ0n) is 10.1. The molecule has 2 aromatic rings. The summed E-state index contributed by atoms with van der Waals surface area (Å²) in [6.45, 7) is 4.02. The van der Waals surface area contributed by atoms with Crippen molar-refractivity contribution in [2.24, 2.45) is 0 Å². The van der Waals surface area contributed by atoms with Crippen LogP contribution in [0.2, 0.25) is 0 Å². The number of nitrogens with zero attached hydrogens (tertiary/aromatic N) is 2. The van der Waals surface area contributed by atoms with Crippen LogP contribution in [0, 0.1) is 5.82 Å². The van der Waals surface area contributed by atoms with Crippen LogP contribution in [-0.2, 0) is 0 Å². The Morgan fingerprint density at radius 1 is 1.22 bits per heavy atom. The van der Waals surface area contributed by atoms with E-state index in [4.69, 9.17) is 0 Å². The molecular weight excluding hydrogens is 297 g/mol. The highest BCUT2D eigenvalue weighted by Gasteiger charge is 2.08. The van der Waals surface area contributed by atoms with Crippen LogP contribution in [0.4, 0.5) is 15.9 Å². The maximum absolute atomic E-state index is 13.5. The fourth-order valence-corrected chi connectivity index (χ4v) is 1.86. The standard InChI is InChI=1S/C13H13BrFN3/c1-8(2)13-17-11(14)7-12(18-13)16-10-6-4-3-5-9(10)15/h3-8H,1-2H3,(H,16,17,18). The molecule has 1 aromatic carbocycles. The Hall–Kier alpha value is -1.49. The number of nitrogens with one attached hydrogen (secondary N) is 1. The largest absolute Gasteiger partial charge is 0.338 e. The van der Waals surface area contributed by atoms with E-state index in [2.05, 4.69) is 31.2 Å². The smallest absolute Gasteiger partial charge is 0.146 e. The first kappa shape index (κ1) is 13.0. The van der Waals surface area contributed by atoms with E-state index in [-0.39, 0.29) is 11.7 Å². The van der Waals surface area contributed by atoms with Crippen molar-refractivity contribution < 1.29 is 4.39 Å². The molecule has 0 saturated carbocycles. The van der Waals surface area contributed by atoms with Crippen molar-refractivity contribution in [2.75, 3.05) is 5.32 Å². The average molecular weight is 310 g/mol. The summed E-state index contributed by atoms with van der Waals surface area (Å²) in [6.07, 6.45) is 0. The molecule has 2 rings (SSSR count). The fourth-order valence-electron chi connectivity index (χ4n) is 1.46. The Morgan fingerprint density at radius 2 is 1.94 bits per heavy atom. The van der Waals surface area contributed by atoms with Gasteiger partial charge in [-0.3, -0.25) is 0 Å². The van der Waals surface area contributed by atoms with Gasteiger partial charge in [0, 0.05) is 12.0 Å². The molecule has 5 heteroatoms. The molecule has 0 bridgehead atoms. The van der Waals surface area contributed by atoms with Gasteiger partial charge in [-0.15, -0.1) is 0 Å². The van der Waals surface area contributed by atoms with E-state index in [1.165, 1.54) is 6.07 Å². The van der Waals surface area contributed by atoms with Gasteiger partial charge in [0.25, 0.3) is 0 Å². The van der Waals surface area contributed by atoms with Crippen LogP contribution >= 0.6 is 15.9 Å². The van der Waals surface area contributed by atoms with Crippen molar-refractivity contribution in [3.63, 3.8) is 0 Å². The normalized spacial score (nSPS) is 10.7. The van der Waals surface area contributed by atoms with Crippen molar-refractivity contribution >= 4 is 27.4 Å². The van der Waals surface area contributed by atoms with E-state index in [1.54, 1.807) is 24.3 Å². The molecule has 0 amide bonds. The van der Waals surface area contributed by atoms with Gasteiger partial charge >= 0.3 is 0 Å². The Balaban J connectivity index is 2.32. The van der Waals surface area contributed by atoms with Gasteiger partial charge in [-0.2, -0.15) is 0 Å². The molecule has 1 aromatic heterocycles. The Kier molecular flexibility index (Phi) is 3.91. The second kappa shape index (κ2) is 5.44.